The number of hydrogen-bond acceptors (Lipinski definition) is 15. The number of nitrogens with one attached hydrogen (secondary N) is 1. The van der Waals surface area contributed by atoms with Gasteiger partial charge in [-0.3, -0.25) is 4.79 Å². The van der Waals surface area contributed by atoms with E-state index in [1.54, 1.807) is 152 Å². The summed E-state index contributed by atoms with van der Waals surface area (Å²) in [6.45, 7) is 5.32. The van der Waals surface area contributed by atoms with E-state index in [9.17, 15) is 28.8 Å². The number of rotatable bonds is 44. The number of hydrogen-bond donors (Lipinski definition) is 1. The van der Waals surface area contributed by atoms with Gasteiger partial charge in [-0.25, -0.2) is 28.8 Å². The fraction of sp³-hybridized carbons (Fsp3) is 0.434. The van der Waals surface area contributed by atoms with E-state index in [-0.39, 0.29) is 39.8 Å². The van der Waals surface area contributed by atoms with E-state index in [2.05, 4.69) is 32.2 Å². The van der Waals surface area contributed by atoms with Gasteiger partial charge in [0.1, 0.15) is 18.8 Å². The Kier molecular flexibility index (Phi) is 35.0. The molecule has 1 aliphatic heterocycles. The van der Waals surface area contributed by atoms with Crippen LogP contribution in [0.5, 0.6) is 0 Å². The highest BCUT2D eigenvalue weighted by Crippen LogP contribution is 2.33. The summed E-state index contributed by atoms with van der Waals surface area (Å²) in [6, 6.07) is 47.6. The molecule has 528 valence electrons. The Labute approximate surface area is 585 Å². The maximum Gasteiger partial charge on any atom is 0.338 e. The summed E-state index contributed by atoms with van der Waals surface area (Å²) < 4.78 is 51.2. The highest BCUT2D eigenvalue weighted by atomic mass is 16.7. The third-order valence-corrected chi connectivity index (χ3v) is 17.4. The Morgan fingerprint density at radius 2 is 0.818 bits per heavy atom. The van der Waals surface area contributed by atoms with Crippen molar-refractivity contribution in [3.63, 3.8) is 0 Å². The van der Waals surface area contributed by atoms with Gasteiger partial charge in [-0.2, -0.15) is 0 Å². The van der Waals surface area contributed by atoms with Gasteiger partial charge in [0.25, 0.3) is 5.91 Å². The van der Waals surface area contributed by atoms with Gasteiger partial charge >= 0.3 is 35.8 Å². The predicted molar refractivity (Wildman–Crippen MR) is 382 cm³/mol. The maximum absolute atomic E-state index is 15.4. The molecule has 16 heteroatoms. The van der Waals surface area contributed by atoms with Crippen LogP contribution in [0.3, 0.4) is 0 Å². The van der Waals surface area contributed by atoms with E-state index < -0.39 is 104 Å². The topological polar surface area (TPSA) is 205 Å². The maximum atomic E-state index is 15.4. The minimum atomic E-state index is -1.82. The van der Waals surface area contributed by atoms with Crippen LogP contribution in [-0.4, -0.2) is 104 Å². The Bertz CT molecular complexity index is 3380. The van der Waals surface area contributed by atoms with E-state index in [4.69, 9.17) is 37.9 Å². The summed E-state index contributed by atoms with van der Waals surface area (Å²) in [4.78, 5) is 101. The molecular formula is C83H101NO15. The summed E-state index contributed by atoms with van der Waals surface area (Å²) in [5.41, 5.74) is 2.16. The number of benzene rings is 6. The minimum absolute atomic E-state index is 0.0800. The van der Waals surface area contributed by atoms with Crippen LogP contribution in [0.1, 0.15) is 231 Å². The van der Waals surface area contributed by atoms with Crippen molar-refractivity contribution in [2.45, 2.75) is 217 Å². The van der Waals surface area contributed by atoms with E-state index in [0.29, 0.717) is 19.3 Å². The Hall–Kier alpha value is -8.99. The molecule has 0 bridgehead atoms. The molecule has 1 fully saturated rings. The summed E-state index contributed by atoms with van der Waals surface area (Å²) in [5, 5.41) is 3.07. The molecule has 1 N–H and O–H groups in total. The zero-order chi connectivity index (χ0) is 70.1. The van der Waals surface area contributed by atoms with Crippen molar-refractivity contribution in [2.75, 3.05) is 13.2 Å². The molecule has 1 aliphatic rings. The van der Waals surface area contributed by atoms with Gasteiger partial charge in [0.15, 0.2) is 30.7 Å². The first kappa shape index (κ1) is 77.4. The van der Waals surface area contributed by atoms with Crippen LogP contribution in [0.25, 0.3) is 0 Å². The average molecular weight is 1350 g/mol. The Morgan fingerprint density at radius 1 is 0.434 bits per heavy atom. The summed E-state index contributed by atoms with van der Waals surface area (Å²) in [5.74, 6) is -5.69. The lowest BCUT2D eigenvalue weighted by atomic mass is 9.97. The second-order valence-electron chi connectivity index (χ2n) is 25.3. The van der Waals surface area contributed by atoms with Crippen molar-refractivity contribution >= 4 is 41.7 Å². The van der Waals surface area contributed by atoms with Crippen molar-refractivity contribution in [1.29, 1.82) is 0 Å². The van der Waals surface area contributed by atoms with Crippen LogP contribution in [0, 0.1) is 0 Å². The van der Waals surface area contributed by atoms with E-state index in [1.165, 1.54) is 113 Å². The molecule has 6 aromatic rings. The molecular weight excluding hydrogens is 1250 g/mol. The third kappa shape index (κ3) is 27.7. The van der Waals surface area contributed by atoms with Crippen LogP contribution < -0.4 is 5.32 Å². The van der Waals surface area contributed by atoms with Crippen molar-refractivity contribution in [3.8, 4) is 0 Å². The number of carbonyl (C=O) groups excluding carboxylic acids is 7. The van der Waals surface area contributed by atoms with Crippen LogP contribution in [-0.2, 0) is 42.7 Å². The number of esters is 6. The number of unbranched alkanes of at least 4 members (excludes halogenated alkanes) is 18. The van der Waals surface area contributed by atoms with Gasteiger partial charge in [0.05, 0.1) is 46.0 Å². The first-order valence-electron chi connectivity index (χ1n) is 35.8. The normalized spacial score (nSPS) is 16.9. The zero-order valence-electron chi connectivity index (χ0n) is 58.0. The Morgan fingerprint density at radius 3 is 1.27 bits per heavy atom. The van der Waals surface area contributed by atoms with Gasteiger partial charge in [0, 0.05) is 0 Å². The molecule has 6 aromatic carbocycles. The van der Waals surface area contributed by atoms with Crippen molar-refractivity contribution in [3.05, 3.63) is 239 Å². The van der Waals surface area contributed by atoms with Gasteiger partial charge in [-0.1, -0.05) is 250 Å². The summed E-state index contributed by atoms with van der Waals surface area (Å²) >= 11 is 0. The second kappa shape index (κ2) is 44.8. The molecule has 0 saturated carbocycles. The number of carbonyl (C=O) groups is 7. The molecule has 0 unspecified atom stereocenters. The number of amides is 1. The fourth-order valence-electron chi connectivity index (χ4n) is 11.7. The van der Waals surface area contributed by atoms with Crippen LogP contribution in [0.4, 0.5) is 0 Å². The lowest BCUT2D eigenvalue weighted by Gasteiger charge is -2.44. The number of ether oxygens (including phenoxy) is 8. The van der Waals surface area contributed by atoms with Crippen LogP contribution in [0.2, 0.25) is 0 Å². The molecule has 1 saturated heterocycles. The van der Waals surface area contributed by atoms with E-state index in [0.717, 1.165) is 51.4 Å². The van der Waals surface area contributed by atoms with Gasteiger partial charge in [0.2, 0.25) is 0 Å². The lowest BCUT2D eigenvalue weighted by Crippen LogP contribution is -2.63. The minimum Gasteiger partial charge on any atom is -0.459 e. The summed E-state index contributed by atoms with van der Waals surface area (Å²) in [6.07, 6.45) is 18.1. The smallest absolute Gasteiger partial charge is 0.338 e. The molecule has 1 amide bonds. The monoisotopic (exact) mass is 1350 g/mol. The van der Waals surface area contributed by atoms with E-state index >= 15 is 4.79 Å². The molecule has 0 aromatic heterocycles. The fourth-order valence-corrected chi connectivity index (χ4v) is 11.7. The SMILES string of the molecule is CCCCCCCCCCCCCC[C@@H](OC(=O)c1ccccc1)C(=O)N[C@@H](CO[C@@H]1O[C@H](COC(=O)c2ccccc2)[C@@H](OC(=O)c2ccccc2)[C@H](OC(=O)c2ccccc2)[C@H]1OC(=O)c1ccccc1)[C@@H](/C=C/CC/C=C(\C)CCCCCCCCC)OC(=O)c1ccccc1. The second-order valence-corrected chi connectivity index (χ2v) is 25.3. The Balaban J connectivity index is 1.28. The third-order valence-electron chi connectivity index (χ3n) is 17.4. The van der Waals surface area contributed by atoms with Crippen molar-refractivity contribution in [2.24, 2.45) is 0 Å². The number of allylic oxidation sites excluding steroid dienone is 3. The van der Waals surface area contributed by atoms with Gasteiger partial charge < -0.3 is 43.2 Å². The molecule has 99 heavy (non-hydrogen) atoms. The molecule has 8 atom stereocenters. The first-order valence-corrected chi connectivity index (χ1v) is 35.8. The standard InChI is InChI=1S/C83H101NO15/c1-4-6-8-10-12-13-14-15-16-18-20-42-59-71(95-79(88)65-50-34-24-35-51-65)76(85)84-69(70(94-78(87)64-48-32-23-33-49-64)58-43-21-29-45-62(3)44-28-19-17-11-9-7-5-2)60-93-83-75(99-82(91)68-56-40-27-41-57-68)74(98-81(90)67-54-38-26-39-55-67)73(97-80(89)66-52-36-25-37-53-66)72(96-83)61-92-77(86)63-46-30-22-31-47-63/h22-27,30-41,43,45-58,69-75,83H,4-21,28-29,42,44,59-61H2,1-3H3,(H,84,85)/b58-43+,62-45+/t69-,70+,71+,72+,73+,74-,75+,83+/m0/s1. The van der Waals surface area contributed by atoms with E-state index in [1.807, 2.05) is 6.08 Å². The molecule has 0 spiro atoms. The van der Waals surface area contributed by atoms with Crippen LogP contribution >= 0.6 is 0 Å². The first-order chi connectivity index (χ1) is 48.4. The molecule has 0 aliphatic carbocycles. The zero-order valence-corrected chi connectivity index (χ0v) is 58.0. The van der Waals surface area contributed by atoms with Gasteiger partial charge in [-0.15, -0.1) is 0 Å². The van der Waals surface area contributed by atoms with Crippen molar-refractivity contribution in [1.82, 2.24) is 5.32 Å². The average Bonchev–Trinajstić information content (AvgIpc) is 0.777. The predicted octanol–water partition coefficient (Wildman–Crippen LogP) is 17.7. The highest BCUT2D eigenvalue weighted by Gasteiger charge is 2.54. The largest absolute Gasteiger partial charge is 0.459 e. The summed E-state index contributed by atoms with van der Waals surface area (Å²) in [7, 11) is 0. The molecule has 1 heterocycles. The quantitative estimate of drug-likeness (QED) is 0.0163. The highest BCUT2D eigenvalue weighted by molar-refractivity contribution is 5.93. The molecule has 7 rings (SSSR count). The van der Waals surface area contributed by atoms with Gasteiger partial charge in [-0.05, 0) is 124 Å². The molecule has 16 nitrogen and oxygen atoms in total. The lowest BCUT2D eigenvalue weighted by molar-refractivity contribution is -0.300. The van der Waals surface area contributed by atoms with Crippen LogP contribution in [0.15, 0.2) is 206 Å². The van der Waals surface area contributed by atoms with Crippen molar-refractivity contribution < 1.29 is 71.5 Å². The molecule has 0 radical (unpaired) electrons.